The lowest BCUT2D eigenvalue weighted by atomic mass is 10.0. The Balaban J connectivity index is 1.69. The minimum Gasteiger partial charge on any atom is -0.493 e. The Morgan fingerprint density at radius 2 is 1.84 bits per heavy atom. The second kappa shape index (κ2) is 6.55. The smallest absolute Gasteiger partial charge is 0.213 e. The Hall–Kier alpha value is -2.89. The molecule has 1 fully saturated rings. The van der Waals surface area contributed by atoms with Gasteiger partial charge in [-0.15, -0.1) is 0 Å². The third-order valence-corrected chi connectivity index (χ3v) is 4.36. The summed E-state index contributed by atoms with van der Waals surface area (Å²) >= 11 is 0. The third kappa shape index (κ3) is 3.20. The average Bonchev–Trinajstić information content (AvgIpc) is 3.49. The standard InChI is InChI=1S/C19H19N3O3/c1-23-17-7-14-15(10-21-22-16(14)8-18(17)24-2)13-5-6-19(20-9-13)25-11-12-3-4-12/h5-10,12H,3-4,11H2,1-2H3. The molecule has 2 aromatic heterocycles. The number of methoxy groups -OCH3 is 2. The van der Waals surface area contributed by atoms with E-state index in [4.69, 9.17) is 14.2 Å². The number of ether oxygens (including phenoxy) is 3. The van der Waals surface area contributed by atoms with Crippen LogP contribution in [-0.4, -0.2) is 36.0 Å². The molecule has 0 amide bonds. The molecule has 0 spiro atoms. The van der Waals surface area contributed by atoms with Crippen molar-refractivity contribution in [2.75, 3.05) is 20.8 Å². The number of fused-ring (bicyclic) bond motifs is 1. The number of hydrogen-bond acceptors (Lipinski definition) is 6. The first kappa shape index (κ1) is 15.6. The van der Waals surface area contributed by atoms with Gasteiger partial charge in [0.25, 0.3) is 0 Å². The molecule has 0 atom stereocenters. The van der Waals surface area contributed by atoms with Crippen molar-refractivity contribution in [1.29, 1.82) is 0 Å². The van der Waals surface area contributed by atoms with Gasteiger partial charge in [-0.3, -0.25) is 0 Å². The van der Waals surface area contributed by atoms with Crippen LogP contribution in [0.1, 0.15) is 12.8 Å². The van der Waals surface area contributed by atoms with E-state index in [1.807, 2.05) is 24.3 Å². The largest absolute Gasteiger partial charge is 0.493 e. The number of pyridine rings is 1. The molecule has 1 saturated carbocycles. The summed E-state index contributed by atoms with van der Waals surface area (Å²) in [5.74, 6) is 2.64. The van der Waals surface area contributed by atoms with Crippen LogP contribution in [0.5, 0.6) is 17.4 Å². The van der Waals surface area contributed by atoms with Crippen molar-refractivity contribution in [2.45, 2.75) is 12.8 Å². The molecule has 128 valence electrons. The molecule has 25 heavy (non-hydrogen) atoms. The second-order valence-electron chi connectivity index (χ2n) is 6.12. The Morgan fingerprint density at radius 1 is 1.04 bits per heavy atom. The van der Waals surface area contributed by atoms with Crippen molar-refractivity contribution < 1.29 is 14.2 Å². The molecular weight excluding hydrogens is 318 g/mol. The molecule has 3 aromatic rings. The number of nitrogens with zero attached hydrogens (tertiary/aromatic N) is 3. The molecule has 1 aromatic carbocycles. The number of aromatic nitrogens is 3. The molecule has 6 heteroatoms. The fourth-order valence-electron chi connectivity index (χ4n) is 2.73. The van der Waals surface area contributed by atoms with Crippen LogP contribution >= 0.6 is 0 Å². The molecule has 0 radical (unpaired) electrons. The lowest BCUT2D eigenvalue weighted by Gasteiger charge is -2.11. The first-order valence-electron chi connectivity index (χ1n) is 8.25. The zero-order valence-corrected chi connectivity index (χ0v) is 14.2. The predicted octanol–water partition coefficient (Wildman–Crippen LogP) is 3.50. The molecule has 0 saturated heterocycles. The van der Waals surface area contributed by atoms with E-state index in [9.17, 15) is 0 Å². The highest BCUT2D eigenvalue weighted by molar-refractivity contribution is 5.95. The maximum absolute atomic E-state index is 5.70. The van der Waals surface area contributed by atoms with Gasteiger partial charge in [-0.2, -0.15) is 10.2 Å². The molecular formula is C19H19N3O3. The van der Waals surface area contributed by atoms with Crippen molar-refractivity contribution in [3.8, 4) is 28.5 Å². The highest BCUT2D eigenvalue weighted by atomic mass is 16.5. The molecule has 6 nitrogen and oxygen atoms in total. The van der Waals surface area contributed by atoms with Gasteiger partial charge >= 0.3 is 0 Å². The van der Waals surface area contributed by atoms with E-state index in [0.29, 0.717) is 23.3 Å². The zero-order chi connectivity index (χ0) is 17.2. The lowest BCUT2D eigenvalue weighted by Crippen LogP contribution is -2.00. The molecule has 0 bridgehead atoms. The van der Waals surface area contributed by atoms with Crippen LogP contribution in [0.4, 0.5) is 0 Å². The fourth-order valence-corrected chi connectivity index (χ4v) is 2.73. The van der Waals surface area contributed by atoms with E-state index < -0.39 is 0 Å². The Morgan fingerprint density at radius 3 is 2.52 bits per heavy atom. The maximum Gasteiger partial charge on any atom is 0.213 e. The summed E-state index contributed by atoms with van der Waals surface area (Å²) in [4.78, 5) is 4.41. The Labute approximate surface area is 145 Å². The van der Waals surface area contributed by atoms with Gasteiger partial charge < -0.3 is 14.2 Å². The number of rotatable bonds is 6. The predicted molar refractivity (Wildman–Crippen MR) is 94.1 cm³/mol. The van der Waals surface area contributed by atoms with Gasteiger partial charge in [0.15, 0.2) is 11.5 Å². The van der Waals surface area contributed by atoms with E-state index in [-0.39, 0.29) is 0 Å². The average molecular weight is 337 g/mol. The second-order valence-corrected chi connectivity index (χ2v) is 6.12. The third-order valence-electron chi connectivity index (χ3n) is 4.36. The quantitative estimate of drug-likeness (QED) is 0.686. The van der Waals surface area contributed by atoms with E-state index in [0.717, 1.165) is 28.6 Å². The van der Waals surface area contributed by atoms with Crippen molar-refractivity contribution in [3.63, 3.8) is 0 Å². The summed E-state index contributed by atoms with van der Waals surface area (Å²) in [5.41, 5.74) is 2.63. The van der Waals surface area contributed by atoms with Crippen LogP contribution in [0, 0.1) is 5.92 Å². The van der Waals surface area contributed by atoms with Crippen molar-refractivity contribution in [3.05, 3.63) is 36.7 Å². The first-order valence-corrected chi connectivity index (χ1v) is 8.25. The molecule has 0 unspecified atom stereocenters. The van der Waals surface area contributed by atoms with E-state index in [2.05, 4.69) is 15.2 Å². The minimum absolute atomic E-state index is 0.628. The van der Waals surface area contributed by atoms with Gasteiger partial charge in [-0.05, 0) is 30.9 Å². The summed E-state index contributed by atoms with van der Waals surface area (Å²) in [5, 5.41) is 9.23. The Kier molecular flexibility index (Phi) is 4.09. The van der Waals surface area contributed by atoms with E-state index in [1.54, 1.807) is 26.6 Å². The summed E-state index contributed by atoms with van der Waals surface area (Å²) in [6.07, 6.45) is 6.06. The highest BCUT2D eigenvalue weighted by Gasteiger charge is 2.22. The first-order chi connectivity index (χ1) is 12.3. The van der Waals surface area contributed by atoms with Crippen LogP contribution in [0.2, 0.25) is 0 Å². The molecule has 0 aliphatic heterocycles. The normalized spacial score (nSPS) is 13.7. The molecule has 1 aliphatic rings. The van der Waals surface area contributed by atoms with Crippen LogP contribution < -0.4 is 14.2 Å². The summed E-state index contributed by atoms with van der Waals surface area (Å²) in [7, 11) is 3.22. The topological polar surface area (TPSA) is 66.4 Å². The van der Waals surface area contributed by atoms with E-state index >= 15 is 0 Å². The van der Waals surface area contributed by atoms with Gasteiger partial charge in [0.2, 0.25) is 5.88 Å². The molecule has 1 aliphatic carbocycles. The van der Waals surface area contributed by atoms with Crippen LogP contribution in [-0.2, 0) is 0 Å². The summed E-state index contributed by atoms with van der Waals surface area (Å²) in [6, 6.07) is 7.62. The summed E-state index contributed by atoms with van der Waals surface area (Å²) in [6.45, 7) is 0.753. The van der Waals surface area contributed by atoms with Gasteiger partial charge in [0.05, 0.1) is 32.5 Å². The SMILES string of the molecule is COc1cc2nncc(-c3ccc(OCC4CC4)nc3)c2cc1OC. The highest BCUT2D eigenvalue weighted by Crippen LogP contribution is 2.35. The molecule has 4 rings (SSSR count). The molecule has 2 heterocycles. The van der Waals surface area contributed by atoms with Gasteiger partial charge in [0.1, 0.15) is 0 Å². The monoisotopic (exact) mass is 337 g/mol. The van der Waals surface area contributed by atoms with Gasteiger partial charge in [-0.1, -0.05) is 0 Å². The van der Waals surface area contributed by atoms with Crippen molar-refractivity contribution in [2.24, 2.45) is 5.92 Å². The summed E-state index contributed by atoms with van der Waals surface area (Å²) < 4.78 is 16.4. The lowest BCUT2D eigenvalue weighted by molar-refractivity contribution is 0.288. The number of hydrogen-bond donors (Lipinski definition) is 0. The Bertz CT molecular complexity index is 892. The van der Waals surface area contributed by atoms with Crippen molar-refractivity contribution in [1.82, 2.24) is 15.2 Å². The van der Waals surface area contributed by atoms with E-state index in [1.165, 1.54) is 12.8 Å². The fraction of sp³-hybridized carbons (Fsp3) is 0.316. The van der Waals surface area contributed by atoms with Crippen LogP contribution in [0.15, 0.2) is 36.7 Å². The minimum atomic E-state index is 0.628. The number of benzene rings is 1. The van der Waals surface area contributed by atoms with Crippen LogP contribution in [0.3, 0.4) is 0 Å². The maximum atomic E-state index is 5.70. The molecule has 0 N–H and O–H groups in total. The zero-order valence-electron chi connectivity index (χ0n) is 14.2. The van der Waals surface area contributed by atoms with Gasteiger partial charge in [-0.25, -0.2) is 4.98 Å². The van der Waals surface area contributed by atoms with Crippen LogP contribution in [0.25, 0.3) is 22.0 Å². The van der Waals surface area contributed by atoms with Gasteiger partial charge in [0, 0.05) is 34.8 Å². The van der Waals surface area contributed by atoms with Crippen molar-refractivity contribution >= 4 is 10.9 Å².